The summed E-state index contributed by atoms with van der Waals surface area (Å²) in [5.74, 6) is -2.11. The summed E-state index contributed by atoms with van der Waals surface area (Å²) in [5, 5.41) is 82.3. The van der Waals surface area contributed by atoms with E-state index in [1.807, 2.05) is 0 Å². The molecule has 2 aliphatic rings. The molecule has 10 atom stereocenters. The zero-order chi connectivity index (χ0) is 35.7. The van der Waals surface area contributed by atoms with E-state index in [4.69, 9.17) is 37.6 Å². The number of esters is 1. The Morgan fingerprint density at radius 3 is 2.04 bits per heavy atom. The predicted molar refractivity (Wildman–Crippen MR) is 161 cm³/mol. The van der Waals surface area contributed by atoms with Crippen molar-refractivity contribution in [1.82, 2.24) is 0 Å². The zero-order valence-electron chi connectivity index (χ0n) is 26.2. The van der Waals surface area contributed by atoms with Crippen molar-refractivity contribution >= 4 is 16.9 Å². The molecule has 268 valence electrons. The molecule has 5 rings (SSSR count). The Kier molecular flexibility index (Phi) is 10.8. The van der Waals surface area contributed by atoms with E-state index in [2.05, 4.69) is 0 Å². The summed E-state index contributed by atoms with van der Waals surface area (Å²) in [7, 11) is 2.59. The topological polar surface area (TPSA) is 274 Å². The first-order valence-corrected chi connectivity index (χ1v) is 14.8. The van der Waals surface area contributed by atoms with Crippen LogP contribution < -0.4 is 24.4 Å². The van der Waals surface area contributed by atoms with Gasteiger partial charge in [0.15, 0.2) is 17.3 Å². The van der Waals surface area contributed by atoms with Gasteiger partial charge in [0.2, 0.25) is 23.8 Å². The molecule has 0 bridgehead atoms. The molecule has 18 nitrogen and oxygen atoms in total. The molecule has 0 spiro atoms. The minimum absolute atomic E-state index is 0.0412. The molecule has 1 aromatic heterocycles. The van der Waals surface area contributed by atoms with Crippen LogP contribution in [0.25, 0.3) is 22.3 Å². The van der Waals surface area contributed by atoms with Gasteiger partial charge < -0.3 is 78.4 Å². The number of methoxy groups -OCH3 is 2. The van der Waals surface area contributed by atoms with Gasteiger partial charge in [0.05, 0.1) is 20.8 Å². The Balaban J connectivity index is 1.55. The van der Waals surface area contributed by atoms with E-state index in [1.165, 1.54) is 38.5 Å². The molecule has 3 heterocycles. The average Bonchev–Trinajstić information content (AvgIpc) is 3.08. The first-order chi connectivity index (χ1) is 23.3. The smallest absolute Gasteiger partial charge is 0.302 e. The highest BCUT2D eigenvalue weighted by atomic mass is 16.7. The number of phenolic OH excluding ortho intramolecular Hbond substituents is 1. The second-order valence-electron chi connectivity index (χ2n) is 11.2. The van der Waals surface area contributed by atoms with Gasteiger partial charge in [-0.2, -0.15) is 0 Å². The molecule has 18 heteroatoms. The van der Waals surface area contributed by atoms with Crippen molar-refractivity contribution in [2.24, 2.45) is 0 Å². The Labute approximate surface area is 276 Å². The van der Waals surface area contributed by atoms with Crippen molar-refractivity contribution in [3.8, 4) is 40.1 Å². The summed E-state index contributed by atoms with van der Waals surface area (Å²) < 4.78 is 44.1. The van der Waals surface area contributed by atoms with Gasteiger partial charge in [-0.1, -0.05) is 0 Å². The molecule has 3 aromatic rings. The van der Waals surface area contributed by atoms with Crippen LogP contribution in [-0.4, -0.2) is 136 Å². The number of phenols is 1. The Morgan fingerprint density at radius 1 is 0.796 bits per heavy atom. The maximum absolute atomic E-state index is 13.9. The van der Waals surface area contributed by atoms with Crippen molar-refractivity contribution in [2.45, 2.75) is 68.3 Å². The molecule has 0 saturated carbocycles. The van der Waals surface area contributed by atoms with Crippen molar-refractivity contribution in [2.75, 3.05) is 27.4 Å². The lowest BCUT2D eigenvalue weighted by atomic mass is 9.99. The van der Waals surface area contributed by atoms with Gasteiger partial charge in [-0.3, -0.25) is 9.59 Å². The highest BCUT2D eigenvalue weighted by Crippen LogP contribution is 2.41. The summed E-state index contributed by atoms with van der Waals surface area (Å²) in [6.45, 7) is -0.0873. The number of carbonyl (C=O) groups is 1. The molecule has 2 aliphatic heterocycles. The van der Waals surface area contributed by atoms with E-state index in [0.29, 0.717) is 0 Å². The van der Waals surface area contributed by atoms with E-state index in [1.54, 1.807) is 0 Å². The third-order valence-electron chi connectivity index (χ3n) is 8.01. The molecule has 8 N–H and O–H groups in total. The number of hydrogen-bond acceptors (Lipinski definition) is 18. The van der Waals surface area contributed by atoms with Gasteiger partial charge in [0, 0.05) is 24.6 Å². The number of aromatic hydroxyl groups is 1. The lowest BCUT2D eigenvalue weighted by Gasteiger charge is -2.40. The van der Waals surface area contributed by atoms with Crippen LogP contribution in [0.15, 0.2) is 39.5 Å². The third-order valence-corrected chi connectivity index (χ3v) is 8.01. The van der Waals surface area contributed by atoms with Crippen LogP contribution in [0.4, 0.5) is 0 Å². The SMILES string of the molecule is COc1cc(O)c2c(=O)c(OC3OC(CO)C(O)C(O)C3O)c(-c3ccc(OC4OC(COC(C)=O)C(O)C(O)C4O)c(OC)c3)oc2c1. The molecule has 2 aromatic carbocycles. The maximum atomic E-state index is 13.9. The fourth-order valence-electron chi connectivity index (χ4n) is 5.34. The third kappa shape index (κ3) is 7.09. The number of aliphatic hydroxyl groups is 7. The van der Waals surface area contributed by atoms with Crippen LogP contribution >= 0.6 is 0 Å². The van der Waals surface area contributed by atoms with Gasteiger partial charge in [-0.25, -0.2) is 0 Å². The minimum atomic E-state index is -1.91. The van der Waals surface area contributed by atoms with Gasteiger partial charge in [0.25, 0.3) is 0 Å². The van der Waals surface area contributed by atoms with Crippen LogP contribution in [0, 0.1) is 0 Å². The average molecular weight is 697 g/mol. The first kappa shape index (κ1) is 36.1. The van der Waals surface area contributed by atoms with E-state index >= 15 is 0 Å². The highest BCUT2D eigenvalue weighted by molar-refractivity contribution is 5.88. The molecular formula is C31H36O18. The maximum Gasteiger partial charge on any atom is 0.302 e. The molecule has 0 aliphatic carbocycles. The van der Waals surface area contributed by atoms with Crippen molar-refractivity contribution < 1.29 is 83.2 Å². The lowest BCUT2D eigenvalue weighted by molar-refractivity contribution is -0.278. The number of fused-ring (bicyclic) bond motifs is 1. The quantitative estimate of drug-likeness (QED) is 0.108. The molecule has 2 saturated heterocycles. The van der Waals surface area contributed by atoms with Crippen molar-refractivity contribution in [3.05, 3.63) is 40.6 Å². The summed E-state index contributed by atoms with van der Waals surface area (Å²) in [6.07, 6.45) is -16.6. The fraction of sp³-hybridized carbons (Fsp3) is 0.484. The molecule has 2 fully saturated rings. The normalized spacial score (nSPS) is 30.1. The minimum Gasteiger partial charge on any atom is -0.507 e. The van der Waals surface area contributed by atoms with Crippen LogP contribution in [0.5, 0.6) is 28.7 Å². The summed E-state index contributed by atoms with van der Waals surface area (Å²) in [6, 6.07) is 6.46. The van der Waals surface area contributed by atoms with E-state index in [0.717, 1.165) is 13.0 Å². The van der Waals surface area contributed by atoms with Gasteiger partial charge in [0.1, 0.15) is 77.9 Å². The Morgan fingerprint density at radius 2 is 1.43 bits per heavy atom. The molecular weight excluding hydrogens is 660 g/mol. The first-order valence-electron chi connectivity index (χ1n) is 14.8. The van der Waals surface area contributed by atoms with E-state index in [9.17, 15) is 50.4 Å². The molecule has 49 heavy (non-hydrogen) atoms. The molecule has 10 unspecified atom stereocenters. The summed E-state index contributed by atoms with van der Waals surface area (Å²) in [4.78, 5) is 25.1. The molecule has 0 amide bonds. The van der Waals surface area contributed by atoms with Gasteiger partial charge >= 0.3 is 5.97 Å². The van der Waals surface area contributed by atoms with Crippen molar-refractivity contribution in [1.29, 1.82) is 0 Å². The van der Waals surface area contributed by atoms with Gasteiger partial charge in [-0.05, 0) is 18.2 Å². The van der Waals surface area contributed by atoms with Crippen LogP contribution in [0.1, 0.15) is 6.92 Å². The van der Waals surface area contributed by atoms with Crippen LogP contribution in [-0.2, 0) is 19.0 Å². The number of aliphatic hydroxyl groups excluding tert-OH is 7. The standard InChI is InChI=1S/C31H36O18/c1-11(33)44-10-19-22(36)25(39)26(40)30(48-19)46-15-5-4-12(6-16(15)43-3)28-29(49-31-27(41)24(38)21(35)18(9-32)47-31)23(37)20-14(34)7-13(42-2)8-17(20)45-28/h4-8,18-19,21-22,24-27,30-32,34-36,38-41H,9-10H2,1-3H3. The largest absolute Gasteiger partial charge is 0.507 e. The summed E-state index contributed by atoms with van der Waals surface area (Å²) >= 11 is 0. The number of carbonyl (C=O) groups excluding carboxylic acids is 1. The van der Waals surface area contributed by atoms with Gasteiger partial charge in [-0.15, -0.1) is 0 Å². The molecule has 0 radical (unpaired) electrons. The highest BCUT2D eigenvalue weighted by Gasteiger charge is 2.47. The summed E-state index contributed by atoms with van der Waals surface area (Å²) in [5.41, 5.74) is -1.02. The second-order valence-corrected chi connectivity index (χ2v) is 11.2. The number of ether oxygens (including phenoxy) is 7. The lowest BCUT2D eigenvalue weighted by Crippen LogP contribution is -2.60. The van der Waals surface area contributed by atoms with E-state index < -0.39 is 97.5 Å². The monoisotopic (exact) mass is 696 g/mol. The fourth-order valence-corrected chi connectivity index (χ4v) is 5.34. The van der Waals surface area contributed by atoms with Crippen molar-refractivity contribution in [3.63, 3.8) is 0 Å². The Hall–Kier alpha value is -4.24. The van der Waals surface area contributed by atoms with Crippen LogP contribution in [0.3, 0.4) is 0 Å². The second kappa shape index (κ2) is 14.7. The Bertz CT molecular complexity index is 1710. The number of benzene rings is 2. The number of rotatable bonds is 10. The zero-order valence-corrected chi connectivity index (χ0v) is 26.2. The predicted octanol–water partition coefficient (Wildman–Crippen LogP) is -1.89. The van der Waals surface area contributed by atoms with E-state index in [-0.39, 0.29) is 39.5 Å². The number of hydrogen-bond donors (Lipinski definition) is 8. The van der Waals surface area contributed by atoms with Crippen LogP contribution in [0.2, 0.25) is 0 Å².